The molecule has 0 bridgehead atoms. The minimum Gasteiger partial charge on any atom is -0.412 e. The van der Waals surface area contributed by atoms with E-state index in [2.05, 4.69) is 72.5 Å². The van der Waals surface area contributed by atoms with Crippen LogP contribution in [-0.4, -0.2) is 25.1 Å². The van der Waals surface area contributed by atoms with E-state index in [1.165, 1.54) is 0 Å². The molecule has 0 aliphatic rings. The van der Waals surface area contributed by atoms with Crippen molar-refractivity contribution in [2.75, 3.05) is 4.72 Å². The van der Waals surface area contributed by atoms with Crippen LogP contribution in [0, 0.1) is 6.92 Å². The van der Waals surface area contributed by atoms with Gasteiger partial charge in [-0.15, -0.1) is 0 Å². The molecular weight excluding hydrogens is 491 g/mol. The van der Waals surface area contributed by atoms with Crippen LogP contribution in [0.1, 0.15) is 58.2 Å². The van der Waals surface area contributed by atoms with E-state index in [4.69, 9.17) is 8.85 Å². The zero-order valence-corrected chi connectivity index (χ0v) is 26.3. The molecule has 0 aliphatic heterocycles. The van der Waals surface area contributed by atoms with E-state index in [1.54, 1.807) is 12.1 Å². The normalized spacial score (nSPS) is 13.7. The monoisotopic (exact) mass is 535 g/mol. The predicted molar refractivity (Wildman–Crippen MR) is 152 cm³/mol. The number of hydrogen-bond donors (Lipinski definition) is 1. The summed E-state index contributed by atoms with van der Waals surface area (Å²) in [6.45, 7) is 24.5. The van der Waals surface area contributed by atoms with Gasteiger partial charge in [0.2, 0.25) is 0 Å². The molecule has 0 aromatic heterocycles. The first-order valence-corrected chi connectivity index (χ1v) is 19.6. The highest BCUT2D eigenvalue weighted by Crippen LogP contribution is 2.39. The van der Waals surface area contributed by atoms with Crippen molar-refractivity contribution in [2.24, 2.45) is 0 Å². The lowest BCUT2D eigenvalue weighted by Gasteiger charge is -2.37. The van der Waals surface area contributed by atoms with Gasteiger partial charge in [-0.3, -0.25) is 4.72 Å². The molecule has 0 aliphatic carbocycles. The Hall–Kier alpha value is -1.46. The van der Waals surface area contributed by atoms with Crippen molar-refractivity contribution in [3.63, 3.8) is 0 Å². The molecule has 1 N–H and O–H groups in total. The molecule has 0 fully saturated rings. The summed E-state index contributed by atoms with van der Waals surface area (Å²) in [5.41, 5.74) is 2.91. The van der Waals surface area contributed by atoms with E-state index in [9.17, 15) is 8.42 Å². The molecule has 0 unspecified atom stereocenters. The summed E-state index contributed by atoms with van der Waals surface area (Å²) in [5.74, 6) is 0. The van der Waals surface area contributed by atoms with Gasteiger partial charge in [0.1, 0.15) is 0 Å². The first-order chi connectivity index (χ1) is 15.8. The van der Waals surface area contributed by atoms with Crippen molar-refractivity contribution in [1.82, 2.24) is 0 Å². The van der Waals surface area contributed by atoms with Gasteiger partial charge in [-0.1, -0.05) is 77.9 Å². The Bertz CT molecular complexity index is 1080. The third-order valence-electron chi connectivity index (χ3n) is 7.65. The van der Waals surface area contributed by atoms with Crippen LogP contribution in [0.4, 0.5) is 5.69 Å². The van der Waals surface area contributed by atoms with E-state index >= 15 is 0 Å². The average Bonchev–Trinajstić information content (AvgIpc) is 2.70. The van der Waals surface area contributed by atoms with Crippen molar-refractivity contribution in [3.05, 3.63) is 59.2 Å². The van der Waals surface area contributed by atoms with Crippen LogP contribution in [0.5, 0.6) is 0 Å². The highest BCUT2D eigenvalue weighted by atomic mass is 32.2. The fourth-order valence-corrected chi connectivity index (χ4v) is 6.31. The first kappa shape index (κ1) is 29.8. The van der Waals surface area contributed by atoms with Crippen molar-refractivity contribution in [1.29, 1.82) is 0 Å². The molecule has 0 heterocycles. The van der Waals surface area contributed by atoms with Gasteiger partial charge in [-0.2, -0.15) is 0 Å². The minimum atomic E-state index is -3.79. The van der Waals surface area contributed by atoms with Crippen LogP contribution < -0.4 is 4.72 Å². The van der Waals surface area contributed by atoms with E-state index in [0.29, 0.717) is 24.5 Å². The lowest BCUT2D eigenvalue weighted by Crippen LogP contribution is -2.40. The van der Waals surface area contributed by atoms with Crippen LogP contribution >= 0.6 is 0 Å². The number of sulfonamides is 1. The highest BCUT2D eigenvalue weighted by Gasteiger charge is 2.38. The lowest BCUT2D eigenvalue weighted by molar-refractivity contribution is 0.272. The summed E-state index contributed by atoms with van der Waals surface area (Å²) in [6.07, 6.45) is 0. The van der Waals surface area contributed by atoms with E-state index in [-0.39, 0.29) is 15.0 Å². The van der Waals surface area contributed by atoms with Gasteiger partial charge >= 0.3 is 0 Å². The van der Waals surface area contributed by atoms with E-state index in [1.807, 2.05) is 37.3 Å². The third kappa shape index (κ3) is 7.29. The second kappa shape index (κ2) is 10.5. The fourth-order valence-electron chi connectivity index (χ4n) is 3.02. The standard InChI is InChI=1S/C27H45NO4SSi2/c1-21-15-12-13-18-24(21)33(29,30)28-25-22(19-31-34(8,9)26(2,3)4)16-14-17-23(25)20-32-35(10,11)27(5,6)7/h12-18,28H,19-20H2,1-11H3. The summed E-state index contributed by atoms with van der Waals surface area (Å²) in [6, 6.07) is 12.9. The van der Waals surface area contributed by atoms with Gasteiger partial charge in [0.05, 0.1) is 23.8 Å². The van der Waals surface area contributed by atoms with Gasteiger partial charge in [0.25, 0.3) is 10.0 Å². The Kier molecular flexibility index (Phi) is 8.93. The van der Waals surface area contributed by atoms with Crippen LogP contribution in [0.2, 0.25) is 36.3 Å². The Labute approximate surface area is 216 Å². The summed E-state index contributed by atoms with van der Waals surface area (Å²) in [5, 5.41) is 0.105. The minimum absolute atomic E-state index is 0.0525. The van der Waals surface area contributed by atoms with E-state index < -0.39 is 26.7 Å². The maximum Gasteiger partial charge on any atom is 0.262 e. The van der Waals surface area contributed by atoms with Crippen LogP contribution in [0.25, 0.3) is 0 Å². The van der Waals surface area contributed by atoms with Crippen molar-refractivity contribution in [3.8, 4) is 0 Å². The maximum absolute atomic E-state index is 13.5. The molecule has 8 heteroatoms. The number of anilines is 1. The number of hydrogen-bond acceptors (Lipinski definition) is 4. The molecule has 5 nitrogen and oxygen atoms in total. The molecule has 196 valence electrons. The molecule has 0 atom stereocenters. The van der Waals surface area contributed by atoms with Crippen LogP contribution in [-0.2, 0) is 32.1 Å². The number of rotatable bonds is 9. The highest BCUT2D eigenvalue weighted by molar-refractivity contribution is 7.92. The Morgan fingerprint density at radius 1 is 0.743 bits per heavy atom. The predicted octanol–water partition coefficient (Wildman–Crippen LogP) is 7.84. The Morgan fingerprint density at radius 3 is 1.57 bits per heavy atom. The van der Waals surface area contributed by atoms with Crippen LogP contribution in [0.3, 0.4) is 0 Å². The molecule has 0 radical (unpaired) electrons. The van der Waals surface area contributed by atoms with Crippen molar-refractivity contribution in [2.45, 2.75) is 103 Å². The summed E-state index contributed by atoms with van der Waals surface area (Å²) in [7, 11) is -7.86. The van der Waals surface area contributed by atoms with Gasteiger partial charge in [0.15, 0.2) is 16.6 Å². The van der Waals surface area contributed by atoms with Crippen molar-refractivity contribution < 1.29 is 17.3 Å². The molecule has 0 spiro atoms. The zero-order chi connectivity index (χ0) is 26.9. The quantitative estimate of drug-likeness (QED) is 0.332. The number of nitrogens with one attached hydrogen (secondary N) is 1. The Morgan fingerprint density at radius 2 is 1.17 bits per heavy atom. The van der Waals surface area contributed by atoms with Gasteiger partial charge in [-0.05, 0) is 54.8 Å². The number of benzene rings is 2. The van der Waals surface area contributed by atoms with Crippen LogP contribution in [0.15, 0.2) is 47.4 Å². The van der Waals surface area contributed by atoms with Gasteiger partial charge < -0.3 is 8.85 Å². The SMILES string of the molecule is Cc1ccccc1S(=O)(=O)Nc1c(CO[Si](C)(C)C(C)(C)C)cccc1CO[Si](C)(C)C(C)(C)C. The molecule has 0 saturated carbocycles. The molecular formula is C27H45NO4SSi2. The second-order valence-corrected chi connectivity index (χ2v) is 23.7. The maximum atomic E-state index is 13.5. The fraction of sp³-hybridized carbons (Fsp3) is 0.556. The summed E-state index contributed by atoms with van der Waals surface area (Å²) in [4.78, 5) is 0.274. The zero-order valence-electron chi connectivity index (χ0n) is 23.5. The lowest BCUT2D eigenvalue weighted by atomic mass is 10.1. The molecule has 2 aromatic carbocycles. The molecule has 35 heavy (non-hydrogen) atoms. The molecule has 2 aromatic rings. The average molecular weight is 536 g/mol. The van der Waals surface area contributed by atoms with Gasteiger partial charge in [-0.25, -0.2) is 8.42 Å². The largest absolute Gasteiger partial charge is 0.412 e. The van der Waals surface area contributed by atoms with E-state index in [0.717, 1.165) is 11.1 Å². The second-order valence-electron chi connectivity index (χ2n) is 12.4. The van der Waals surface area contributed by atoms with Gasteiger partial charge in [0, 0.05) is 11.1 Å². The molecule has 2 rings (SSSR count). The van der Waals surface area contributed by atoms with Crippen molar-refractivity contribution >= 4 is 32.3 Å². The first-order valence-electron chi connectivity index (χ1n) is 12.3. The molecule has 0 amide bonds. The summed E-state index contributed by atoms with van der Waals surface area (Å²) >= 11 is 0. The number of aryl methyl sites for hydroxylation is 1. The Balaban J connectivity index is 2.51. The topological polar surface area (TPSA) is 64.6 Å². The third-order valence-corrected chi connectivity index (χ3v) is 18.1. The smallest absolute Gasteiger partial charge is 0.262 e. The summed E-state index contributed by atoms with van der Waals surface area (Å²) < 4.78 is 42.8. The number of para-hydroxylation sites is 1. The molecule has 0 saturated heterocycles.